The summed E-state index contributed by atoms with van der Waals surface area (Å²) in [5, 5.41) is 4.97. The fraction of sp³-hybridized carbons (Fsp3) is 0.417. The van der Waals surface area contributed by atoms with Crippen molar-refractivity contribution < 1.29 is 14.1 Å². The molecule has 92 valence electrons. The molecule has 1 aromatic rings. The molecule has 1 aliphatic heterocycles. The number of benzene rings is 1. The lowest BCUT2D eigenvalue weighted by atomic mass is 10.2. The van der Waals surface area contributed by atoms with E-state index in [0.717, 1.165) is 12.8 Å². The molecule has 0 spiro atoms. The highest BCUT2D eigenvalue weighted by molar-refractivity contribution is 5.69. The van der Waals surface area contributed by atoms with E-state index in [2.05, 4.69) is 12.1 Å². The molecule has 0 saturated heterocycles. The van der Waals surface area contributed by atoms with E-state index >= 15 is 0 Å². The van der Waals surface area contributed by atoms with Crippen LogP contribution >= 0.6 is 0 Å². The van der Waals surface area contributed by atoms with Crippen LogP contribution in [0.2, 0.25) is 0 Å². The fourth-order valence-electron chi connectivity index (χ4n) is 1.54. The molecule has 1 aromatic carbocycles. The molecular formula is C12H15FN2O2. The Morgan fingerprint density at radius 1 is 1.53 bits per heavy atom. The zero-order valence-corrected chi connectivity index (χ0v) is 9.73. The van der Waals surface area contributed by atoms with Gasteiger partial charge in [0, 0.05) is 0 Å². The van der Waals surface area contributed by atoms with Gasteiger partial charge in [-0.25, -0.2) is 4.39 Å². The quantitative estimate of drug-likeness (QED) is 0.740. The van der Waals surface area contributed by atoms with Crippen LogP contribution < -0.4 is 9.80 Å². The summed E-state index contributed by atoms with van der Waals surface area (Å²) in [5.41, 5.74) is 0.307. The summed E-state index contributed by atoms with van der Waals surface area (Å²) in [7, 11) is 0. The third-order valence-corrected chi connectivity index (χ3v) is 2.42. The Morgan fingerprint density at radius 3 is 3.12 bits per heavy atom. The summed E-state index contributed by atoms with van der Waals surface area (Å²) in [4.78, 5) is 4.95. The summed E-state index contributed by atoms with van der Waals surface area (Å²) in [5.74, 6) is 0.119. The standard InChI is InChI=1S/C12H15FN2O2/c1-2-3-9-16-11-6-4-5-10(13)12(11)15-8-7-14-17-15/h4-7H,2-3,8-9H2,1H3. The summed E-state index contributed by atoms with van der Waals surface area (Å²) < 4.78 is 19.3. The van der Waals surface area contributed by atoms with Gasteiger partial charge in [0.1, 0.15) is 5.75 Å². The van der Waals surface area contributed by atoms with Crippen LogP contribution in [0.3, 0.4) is 0 Å². The molecule has 1 aliphatic rings. The van der Waals surface area contributed by atoms with E-state index in [-0.39, 0.29) is 5.82 Å². The average molecular weight is 238 g/mol. The van der Waals surface area contributed by atoms with Crippen LogP contribution in [0.4, 0.5) is 10.1 Å². The van der Waals surface area contributed by atoms with Crippen LogP contribution in [0.5, 0.6) is 5.75 Å². The molecule has 0 radical (unpaired) electrons. The first-order valence-electron chi connectivity index (χ1n) is 5.70. The Morgan fingerprint density at radius 2 is 2.41 bits per heavy atom. The van der Waals surface area contributed by atoms with Gasteiger partial charge >= 0.3 is 0 Å². The lowest BCUT2D eigenvalue weighted by molar-refractivity contribution is 0.141. The Labute approximate surface area is 99.6 Å². The van der Waals surface area contributed by atoms with Gasteiger partial charge in [0.2, 0.25) is 0 Å². The van der Waals surface area contributed by atoms with E-state index in [0.29, 0.717) is 24.6 Å². The molecule has 4 nitrogen and oxygen atoms in total. The number of ether oxygens (including phenoxy) is 1. The number of hydrogen-bond acceptors (Lipinski definition) is 4. The van der Waals surface area contributed by atoms with Crippen LogP contribution in [0.25, 0.3) is 0 Å². The van der Waals surface area contributed by atoms with Crippen molar-refractivity contribution in [3.63, 3.8) is 0 Å². The zero-order chi connectivity index (χ0) is 12.1. The molecule has 0 fully saturated rings. The fourth-order valence-corrected chi connectivity index (χ4v) is 1.54. The van der Waals surface area contributed by atoms with Gasteiger partial charge in [-0.15, -0.1) is 0 Å². The summed E-state index contributed by atoms with van der Waals surface area (Å²) in [6, 6.07) is 4.73. The van der Waals surface area contributed by atoms with Gasteiger partial charge < -0.3 is 4.74 Å². The third kappa shape index (κ3) is 2.67. The molecule has 5 heteroatoms. The van der Waals surface area contributed by atoms with Crippen molar-refractivity contribution in [3.05, 3.63) is 24.0 Å². The maximum atomic E-state index is 13.8. The van der Waals surface area contributed by atoms with Crippen molar-refractivity contribution in [1.29, 1.82) is 0 Å². The van der Waals surface area contributed by atoms with Gasteiger partial charge in [0.05, 0.1) is 19.4 Å². The van der Waals surface area contributed by atoms with Crippen molar-refractivity contribution in [2.45, 2.75) is 19.8 Å². The van der Waals surface area contributed by atoms with E-state index in [4.69, 9.17) is 9.68 Å². The molecule has 0 atom stereocenters. The topological polar surface area (TPSA) is 34.1 Å². The highest BCUT2D eigenvalue weighted by Gasteiger charge is 2.20. The lowest BCUT2D eigenvalue weighted by Crippen LogP contribution is -2.20. The maximum absolute atomic E-state index is 13.8. The first-order chi connectivity index (χ1) is 8.33. The highest BCUT2D eigenvalue weighted by Crippen LogP contribution is 2.32. The van der Waals surface area contributed by atoms with Gasteiger partial charge in [-0.1, -0.05) is 24.6 Å². The molecule has 0 saturated carbocycles. The van der Waals surface area contributed by atoms with Crippen LogP contribution in [0.1, 0.15) is 19.8 Å². The summed E-state index contributed by atoms with van der Waals surface area (Å²) >= 11 is 0. The van der Waals surface area contributed by atoms with Crippen molar-refractivity contribution in [2.24, 2.45) is 5.16 Å². The third-order valence-electron chi connectivity index (χ3n) is 2.42. The molecule has 0 aliphatic carbocycles. The minimum atomic E-state index is -0.371. The SMILES string of the molecule is CCCCOc1cccc(F)c1N1CC=NO1. The zero-order valence-electron chi connectivity index (χ0n) is 9.73. The van der Waals surface area contributed by atoms with Gasteiger partial charge in [0.25, 0.3) is 0 Å². The molecule has 0 aromatic heterocycles. The first-order valence-corrected chi connectivity index (χ1v) is 5.70. The number of para-hydroxylation sites is 1. The Balaban J connectivity index is 2.15. The summed E-state index contributed by atoms with van der Waals surface area (Å²) in [6.45, 7) is 3.07. The molecule has 17 heavy (non-hydrogen) atoms. The molecular weight excluding hydrogens is 223 g/mol. The minimum absolute atomic E-state index is 0.307. The molecule has 0 bridgehead atoms. The predicted molar refractivity (Wildman–Crippen MR) is 63.7 cm³/mol. The maximum Gasteiger partial charge on any atom is 0.155 e. The number of hydrogen-bond donors (Lipinski definition) is 0. The van der Waals surface area contributed by atoms with Gasteiger partial charge in [-0.05, 0) is 18.6 Å². The van der Waals surface area contributed by atoms with E-state index in [1.807, 2.05) is 0 Å². The highest BCUT2D eigenvalue weighted by atomic mass is 19.1. The minimum Gasteiger partial charge on any atom is -0.491 e. The smallest absolute Gasteiger partial charge is 0.155 e. The van der Waals surface area contributed by atoms with E-state index in [1.165, 1.54) is 11.1 Å². The number of oxime groups is 1. The number of hydroxylamine groups is 1. The molecule has 0 N–H and O–H groups in total. The normalized spacial score (nSPS) is 13.9. The molecule has 2 rings (SSSR count). The number of halogens is 1. The Kier molecular flexibility index (Phi) is 3.80. The van der Waals surface area contributed by atoms with Crippen molar-refractivity contribution in [1.82, 2.24) is 0 Å². The second-order valence-corrected chi connectivity index (χ2v) is 3.72. The van der Waals surface area contributed by atoms with Crippen molar-refractivity contribution in [2.75, 3.05) is 18.2 Å². The van der Waals surface area contributed by atoms with Gasteiger partial charge in [0.15, 0.2) is 11.5 Å². The number of nitrogens with zero attached hydrogens (tertiary/aromatic N) is 2. The Hall–Kier alpha value is -1.78. The van der Waals surface area contributed by atoms with Crippen LogP contribution in [0.15, 0.2) is 23.4 Å². The monoisotopic (exact) mass is 238 g/mol. The number of anilines is 1. The van der Waals surface area contributed by atoms with Gasteiger partial charge in [-0.3, -0.25) is 4.94 Å². The Bertz CT molecular complexity index is 401. The van der Waals surface area contributed by atoms with Crippen molar-refractivity contribution >= 4 is 11.9 Å². The predicted octanol–water partition coefficient (Wildman–Crippen LogP) is 2.74. The van der Waals surface area contributed by atoms with Gasteiger partial charge in [-0.2, -0.15) is 5.06 Å². The van der Waals surface area contributed by atoms with E-state index in [1.54, 1.807) is 18.3 Å². The number of rotatable bonds is 5. The molecule has 0 unspecified atom stereocenters. The second kappa shape index (κ2) is 5.52. The van der Waals surface area contributed by atoms with E-state index < -0.39 is 0 Å². The lowest BCUT2D eigenvalue weighted by Gasteiger charge is -2.18. The average Bonchev–Trinajstić information content (AvgIpc) is 2.83. The molecule has 0 amide bonds. The van der Waals surface area contributed by atoms with Crippen LogP contribution in [0, 0.1) is 5.82 Å². The second-order valence-electron chi connectivity index (χ2n) is 3.72. The van der Waals surface area contributed by atoms with Crippen LogP contribution in [-0.2, 0) is 4.94 Å². The molecule has 1 heterocycles. The van der Waals surface area contributed by atoms with Crippen molar-refractivity contribution in [3.8, 4) is 5.75 Å². The summed E-state index contributed by atoms with van der Waals surface area (Å²) in [6.07, 6.45) is 3.55. The van der Waals surface area contributed by atoms with Crippen LogP contribution in [-0.4, -0.2) is 19.4 Å². The number of unbranched alkanes of at least 4 members (excludes halogenated alkanes) is 1. The van der Waals surface area contributed by atoms with E-state index in [9.17, 15) is 4.39 Å². The first kappa shape index (κ1) is 11.7. The largest absolute Gasteiger partial charge is 0.491 e.